The van der Waals surface area contributed by atoms with Crippen molar-refractivity contribution in [1.29, 1.82) is 0 Å². The van der Waals surface area contributed by atoms with Crippen LogP contribution in [0.5, 0.6) is 5.75 Å². The van der Waals surface area contributed by atoms with Crippen LogP contribution in [-0.4, -0.2) is 12.6 Å². The maximum absolute atomic E-state index is 5.97. The summed E-state index contributed by atoms with van der Waals surface area (Å²) < 4.78 is 5.97. The van der Waals surface area contributed by atoms with Crippen LogP contribution in [0.1, 0.15) is 31.0 Å². The molecule has 0 aliphatic carbocycles. The number of nitrogens with one attached hydrogen (secondary N) is 1. The monoisotopic (exact) mass is 269 g/mol. The van der Waals surface area contributed by atoms with E-state index >= 15 is 0 Å². The first-order valence-electron chi connectivity index (χ1n) is 7.17. The molecule has 2 aromatic rings. The first kappa shape index (κ1) is 14.6. The summed E-state index contributed by atoms with van der Waals surface area (Å²) in [7, 11) is 0. The Morgan fingerprint density at radius 1 is 0.950 bits per heavy atom. The van der Waals surface area contributed by atoms with E-state index in [1.165, 1.54) is 11.1 Å². The minimum absolute atomic E-state index is 0.141. The van der Waals surface area contributed by atoms with E-state index in [0.717, 1.165) is 12.3 Å². The fraction of sp³-hybridized carbons (Fsp3) is 0.333. The summed E-state index contributed by atoms with van der Waals surface area (Å²) in [4.78, 5) is 0. The van der Waals surface area contributed by atoms with Crippen molar-refractivity contribution in [3.8, 4) is 5.75 Å². The van der Waals surface area contributed by atoms with E-state index in [-0.39, 0.29) is 6.10 Å². The van der Waals surface area contributed by atoms with Crippen molar-refractivity contribution < 1.29 is 4.74 Å². The Morgan fingerprint density at radius 2 is 1.60 bits per heavy atom. The van der Waals surface area contributed by atoms with Crippen LogP contribution in [0, 0.1) is 6.92 Å². The van der Waals surface area contributed by atoms with E-state index < -0.39 is 0 Å². The molecule has 20 heavy (non-hydrogen) atoms. The van der Waals surface area contributed by atoms with Gasteiger partial charge in [-0.15, -0.1) is 0 Å². The van der Waals surface area contributed by atoms with Crippen LogP contribution in [0.15, 0.2) is 54.6 Å². The highest BCUT2D eigenvalue weighted by molar-refractivity contribution is 5.31. The molecule has 0 aliphatic rings. The molecule has 2 nitrogen and oxygen atoms in total. The van der Waals surface area contributed by atoms with E-state index in [4.69, 9.17) is 4.74 Å². The smallest absolute Gasteiger partial charge is 0.122 e. The number of aryl methyl sites for hydroxylation is 1. The quantitative estimate of drug-likeness (QED) is 0.852. The second kappa shape index (κ2) is 7.11. The van der Waals surface area contributed by atoms with Gasteiger partial charge < -0.3 is 10.1 Å². The Hall–Kier alpha value is -1.80. The molecule has 0 radical (unpaired) electrons. The zero-order chi connectivity index (χ0) is 14.4. The molecule has 0 saturated carbocycles. The van der Waals surface area contributed by atoms with Gasteiger partial charge in [0.25, 0.3) is 0 Å². The highest BCUT2D eigenvalue weighted by Gasteiger charge is 2.09. The van der Waals surface area contributed by atoms with Gasteiger partial charge in [0.05, 0.1) is 0 Å². The molecule has 0 aliphatic heterocycles. The minimum Gasteiger partial charge on any atom is -0.489 e. The van der Waals surface area contributed by atoms with Crippen LogP contribution in [0.25, 0.3) is 0 Å². The van der Waals surface area contributed by atoms with Gasteiger partial charge in [-0.2, -0.15) is 0 Å². The molecule has 0 bridgehead atoms. The summed E-state index contributed by atoms with van der Waals surface area (Å²) in [6.07, 6.45) is 0.141. The topological polar surface area (TPSA) is 21.3 Å². The Morgan fingerprint density at radius 3 is 2.30 bits per heavy atom. The number of rotatable bonds is 6. The molecular formula is C18H23NO. The van der Waals surface area contributed by atoms with Gasteiger partial charge in [0.15, 0.2) is 0 Å². The maximum atomic E-state index is 5.97. The maximum Gasteiger partial charge on any atom is 0.122 e. The molecule has 0 saturated heterocycles. The molecule has 0 aromatic heterocycles. The summed E-state index contributed by atoms with van der Waals surface area (Å²) in [5, 5.41) is 3.51. The zero-order valence-electron chi connectivity index (χ0n) is 12.5. The first-order chi connectivity index (χ1) is 9.66. The molecule has 106 valence electrons. The zero-order valence-corrected chi connectivity index (χ0v) is 12.5. The van der Waals surface area contributed by atoms with Crippen LogP contribution >= 0.6 is 0 Å². The summed E-state index contributed by atoms with van der Waals surface area (Å²) in [5.41, 5.74) is 2.48. The second-order valence-corrected chi connectivity index (χ2v) is 5.23. The summed E-state index contributed by atoms with van der Waals surface area (Å²) in [6.45, 7) is 7.17. The summed E-state index contributed by atoms with van der Waals surface area (Å²) in [6, 6.07) is 18.9. The van der Waals surface area contributed by atoms with Gasteiger partial charge in [-0.25, -0.2) is 0 Å². The predicted octanol–water partition coefficient (Wildman–Crippen LogP) is 4.11. The van der Waals surface area contributed by atoms with Crippen molar-refractivity contribution in [2.24, 2.45) is 0 Å². The third-order valence-corrected chi connectivity index (χ3v) is 3.43. The van der Waals surface area contributed by atoms with Crippen molar-refractivity contribution in [2.45, 2.75) is 32.9 Å². The van der Waals surface area contributed by atoms with Crippen molar-refractivity contribution in [3.63, 3.8) is 0 Å². The lowest BCUT2D eigenvalue weighted by Crippen LogP contribution is -2.31. The molecule has 2 rings (SSSR count). The van der Waals surface area contributed by atoms with Gasteiger partial charge in [-0.3, -0.25) is 0 Å². The molecule has 2 heteroatoms. The Bertz CT molecular complexity index is 524. The third-order valence-electron chi connectivity index (χ3n) is 3.43. The number of ether oxygens (including phenoxy) is 1. The Balaban J connectivity index is 1.84. The van der Waals surface area contributed by atoms with Gasteiger partial charge in [0.2, 0.25) is 0 Å². The third kappa shape index (κ3) is 4.10. The van der Waals surface area contributed by atoms with Gasteiger partial charge in [0, 0.05) is 12.6 Å². The summed E-state index contributed by atoms with van der Waals surface area (Å²) in [5.74, 6) is 0.967. The fourth-order valence-corrected chi connectivity index (χ4v) is 2.15. The van der Waals surface area contributed by atoms with Crippen LogP contribution in [0.2, 0.25) is 0 Å². The van der Waals surface area contributed by atoms with Gasteiger partial charge >= 0.3 is 0 Å². The van der Waals surface area contributed by atoms with Crippen LogP contribution in [0.4, 0.5) is 0 Å². The van der Waals surface area contributed by atoms with E-state index in [2.05, 4.69) is 56.4 Å². The van der Waals surface area contributed by atoms with Gasteiger partial charge in [-0.05, 0) is 38.0 Å². The van der Waals surface area contributed by atoms with Gasteiger partial charge in [0.1, 0.15) is 11.9 Å². The van der Waals surface area contributed by atoms with Crippen LogP contribution < -0.4 is 10.1 Å². The van der Waals surface area contributed by atoms with Gasteiger partial charge in [-0.1, -0.05) is 48.5 Å². The number of hydrogen-bond donors (Lipinski definition) is 1. The largest absolute Gasteiger partial charge is 0.489 e. The summed E-state index contributed by atoms with van der Waals surface area (Å²) >= 11 is 0. The standard InChI is InChI=1S/C18H23NO/c1-14-9-7-8-12-18(14)20-15(2)13-19-16(3)17-10-5-4-6-11-17/h4-12,15-16,19H,13H2,1-3H3. The Labute approximate surface area is 121 Å². The van der Waals surface area contributed by atoms with Crippen LogP contribution in [0.3, 0.4) is 0 Å². The van der Waals surface area contributed by atoms with Crippen molar-refractivity contribution >= 4 is 0 Å². The average molecular weight is 269 g/mol. The molecule has 2 atom stereocenters. The van der Waals surface area contributed by atoms with Crippen LogP contribution in [-0.2, 0) is 0 Å². The molecule has 1 N–H and O–H groups in total. The molecule has 2 unspecified atom stereocenters. The van der Waals surface area contributed by atoms with E-state index in [9.17, 15) is 0 Å². The lowest BCUT2D eigenvalue weighted by molar-refractivity contribution is 0.211. The fourth-order valence-electron chi connectivity index (χ4n) is 2.15. The van der Waals surface area contributed by atoms with E-state index in [1.807, 2.05) is 24.3 Å². The average Bonchev–Trinajstić information content (AvgIpc) is 2.48. The number of benzene rings is 2. The Kier molecular flexibility index (Phi) is 5.19. The molecule has 0 heterocycles. The minimum atomic E-state index is 0.141. The molecule has 0 fully saturated rings. The first-order valence-corrected chi connectivity index (χ1v) is 7.17. The molecule has 0 amide bonds. The molecular weight excluding hydrogens is 246 g/mol. The highest BCUT2D eigenvalue weighted by Crippen LogP contribution is 2.18. The number of para-hydroxylation sites is 1. The predicted molar refractivity (Wildman–Crippen MR) is 84.1 cm³/mol. The SMILES string of the molecule is Cc1ccccc1OC(C)CNC(C)c1ccccc1. The molecule has 2 aromatic carbocycles. The van der Waals surface area contributed by atoms with Crippen molar-refractivity contribution in [1.82, 2.24) is 5.32 Å². The second-order valence-electron chi connectivity index (χ2n) is 5.23. The lowest BCUT2D eigenvalue weighted by atomic mass is 10.1. The van der Waals surface area contributed by atoms with E-state index in [0.29, 0.717) is 6.04 Å². The van der Waals surface area contributed by atoms with E-state index in [1.54, 1.807) is 0 Å². The number of hydrogen-bond acceptors (Lipinski definition) is 2. The highest BCUT2D eigenvalue weighted by atomic mass is 16.5. The van der Waals surface area contributed by atoms with Crippen molar-refractivity contribution in [3.05, 3.63) is 65.7 Å². The normalized spacial score (nSPS) is 13.8. The lowest BCUT2D eigenvalue weighted by Gasteiger charge is -2.20. The van der Waals surface area contributed by atoms with Crippen molar-refractivity contribution in [2.75, 3.05) is 6.54 Å². The molecule has 0 spiro atoms.